The summed E-state index contributed by atoms with van der Waals surface area (Å²) in [5.74, 6) is 1.29. The molecular formula is C25H52BNO6PS. The van der Waals surface area contributed by atoms with Crippen molar-refractivity contribution in [1.29, 1.82) is 0 Å². The number of phosphoric acid groups is 1. The summed E-state index contributed by atoms with van der Waals surface area (Å²) in [6, 6.07) is -0.549. The highest BCUT2D eigenvalue weighted by atomic mass is 32.2. The molecule has 0 aromatic heterocycles. The van der Waals surface area contributed by atoms with Crippen molar-refractivity contribution < 1.29 is 27.9 Å². The van der Waals surface area contributed by atoms with E-state index in [1.165, 1.54) is 98.9 Å². The number of hydrogen-bond acceptors (Lipinski definition) is 8. The lowest BCUT2D eigenvalue weighted by atomic mass is 10.0. The van der Waals surface area contributed by atoms with Gasteiger partial charge in [-0.2, -0.15) is 11.8 Å². The maximum Gasteiger partial charge on any atom is 0.474 e. The Morgan fingerprint density at radius 1 is 0.914 bits per heavy atom. The topological polar surface area (TPSA) is 86.3 Å². The first-order valence-corrected chi connectivity index (χ1v) is 15.6. The van der Waals surface area contributed by atoms with Crippen molar-refractivity contribution in [1.82, 2.24) is 5.23 Å². The minimum absolute atomic E-state index is 0.0689. The van der Waals surface area contributed by atoms with Crippen LogP contribution in [0.15, 0.2) is 12.2 Å². The molecule has 0 aliphatic carbocycles. The molecule has 0 rings (SSSR count). The van der Waals surface area contributed by atoms with Gasteiger partial charge >= 0.3 is 15.4 Å². The van der Waals surface area contributed by atoms with E-state index in [4.69, 9.17) is 18.2 Å². The number of allylic oxidation sites excluding steroid dienone is 1. The molecule has 35 heavy (non-hydrogen) atoms. The summed E-state index contributed by atoms with van der Waals surface area (Å²) < 4.78 is 32.1. The molecule has 0 spiro atoms. The van der Waals surface area contributed by atoms with Crippen molar-refractivity contribution in [2.45, 2.75) is 115 Å². The monoisotopic (exact) mass is 536 g/mol. The van der Waals surface area contributed by atoms with Gasteiger partial charge in [0.2, 0.25) is 0 Å². The highest BCUT2D eigenvalue weighted by molar-refractivity contribution is 8.00. The van der Waals surface area contributed by atoms with Gasteiger partial charge in [0.15, 0.2) is 0 Å². The number of phosphoric ester groups is 1. The lowest BCUT2D eigenvalue weighted by Crippen LogP contribution is -2.44. The van der Waals surface area contributed by atoms with E-state index in [2.05, 4.69) is 37.8 Å². The Labute approximate surface area is 220 Å². The van der Waals surface area contributed by atoms with Crippen molar-refractivity contribution in [3.63, 3.8) is 0 Å². The third kappa shape index (κ3) is 21.9. The summed E-state index contributed by atoms with van der Waals surface area (Å²) in [7, 11) is 1.74. The van der Waals surface area contributed by atoms with Crippen molar-refractivity contribution in [3.05, 3.63) is 12.2 Å². The standard InChI is InChI=1S/C25H52BNO6PS/c1-25(2,3)35-21-19-17-15-13-11-9-7-8-10-12-14-16-18-20-24(28)23(27-26-30-4)22-33-34(29,31-5)32-6/h18,20,23-24,27-28H,7-17,19,21-22H2,1-6H3/b20-18+/t23-,24+/m0/s1. The molecular weight excluding hydrogens is 484 g/mol. The van der Waals surface area contributed by atoms with Crippen molar-refractivity contribution >= 4 is 27.2 Å². The zero-order valence-corrected chi connectivity index (χ0v) is 24.8. The third-order valence-electron chi connectivity index (χ3n) is 5.56. The number of unbranched alkanes of at least 4 members (excludes halogenated alkanes) is 11. The molecule has 0 bridgehead atoms. The first-order chi connectivity index (χ1) is 16.7. The zero-order chi connectivity index (χ0) is 26.4. The van der Waals surface area contributed by atoms with E-state index in [-0.39, 0.29) is 6.61 Å². The SMILES string of the molecule is CO[B]N[C@@H](COP(=O)(OC)OC)[C@H](O)/C=C/CCCCCCCCCCCCCSC(C)(C)C. The van der Waals surface area contributed by atoms with Gasteiger partial charge in [-0.25, -0.2) is 4.57 Å². The maximum absolute atomic E-state index is 12.1. The Kier molecular flexibility index (Phi) is 22.2. The zero-order valence-electron chi connectivity index (χ0n) is 23.1. The quantitative estimate of drug-likeness (QED) is 0.0612. The molecule has 7 nitrogen and oxygen atoms in total. The Morgan fingerprint density at radius 3 is 1.91 bits per heavy atom. The molecule has 1 radical (unpaired) electrons. The summed E-state index contributed by atoms with van der Waals surface area (Å²) in [6.07, 6.45) is 18.3. The van der Waals surface area contributed by atoms with Crippen molar-refractivity contribution in [2.75, 3.05) is 33.7 Å². The van der Waals surface area contributed by atoms with Crippen LogP contribution in [-0.4, -0.2) is 63.3 Å². The van der Waals surface area contributed by atoms with E-state index in [0.29, 0.717) is 4.75 Å². The van der Waals surface area contributed by atoms with Crippen molar-refractivity contribution in [2.24, 2.45) is 0 Å². The number of aliphatic hydroxyl groups excluding tert-OH is 1. The summed E-state index contributed by atoms with van der Waals surface area (Å²) in [5, 5.41) is 13.3. The number of aliphatic hydroxyl groups is 1. The van der Waals surface area contributed by atoms with Gasteiger partial charge in [-0.3, -0.25) is 13.6 Å². The molecule has 207 valence electrons. The van der Waals surface area contributed by atoms with Crippen LogP contribution in [0.5, 0.6) is 0 Å². The fraction of sp³-hybridized carbons (Fsp3) is 0.920. The molecule has 0 amide bonds. The van der Waals surface area contributed by atoms with E-state index in [0.717, 1.165) is 12.8 Å². The van der Waals surface area contributed by atoms with E-state index < -0.39 is 20.0 Å². The Morgan fingerprint density at radius 2 is 1.43 bits per heavy atom. The second-order valence-electron chi connectivity index (χ2n) is 9.79. The number of nitrogens with one attached hydrogen (secondary N) is 1. The average molecular weight is 537 g/mol. The van der Waals surface area contributed by atoms with Crippen molar-refractivity contribution in [3.8, 4) is 0 Å². The summed E-state index contributed by atoms with van der Waals surface area (Å²) in [4.78, 5) is 0. The molecule has 0 fully saturated rings. The fourth-order valence-corrected chi connectivity index (χ4v) is 5.12. The highest BCUT2D eigenvalue weighted by Gasteiger charge is 2.27. The van der Waals surface area contributed by atoms with Gasteiger partial charge in [-0.1, -0.05) is 90.7 Å². The minimum atomic E-state index is -3.61. The Balaban J connectivity index is 3.79. The lowest BCUT2D eigenvalue weighted by molar-refractivity contribution is 0.105. The van der Waals surface area contributed by atoms with E-state index in [1.54, 1.807) is 6.08 Å². The predicted molar refractivity (Wildman–Crippen MR) is 150 cm³/mol. The van der Waals surface area contributed by atoms with Crippen LogP contribution in [0, 0.1) is 0 Å². The smallest absolute Gasteiger partial charge is 0.427 e. The van der Waals surface area contributed by atoms with Crippen LogP contribution < -0.4 is 5.23 Å². The molecule has 2 atom stereocenters. The number of thioether (sulfide) groups is 1. The first kappa shape index (κ1) is 35.1. The molecule has 0 aromatic rings. The van der Waals surface area contributed by atoms with E-state index >= 15 is 0 Å². The first-order valence-electron chi connectivity index (χ1n) is 13.1. The van der Waals surface area contributed by atoms with Gasteiger partial charge in [-0.05, 0) is 25.0 Å². The van der Waals surface area contributed by atoms with Crippen LogP contribution in [0.3, 0.4) is 0 Å². The number of rotatable bonds is 24. The fourth-order valence-electron chi connectivity index (χ4n) is 3.46. The molecule has 0 heterocycles. The Bertz CT molecular complexity index is 557. The van der Waals surface area contributed by atoms with E-state index in [1.807, 2.05) is 6.08 Å². The average Bonchev–Trinajstić information content (AvgIpc) is 2.82. The summed E-state index contributed by atoms with van der Waals surface area (Å²) in [5.41, 5.74) is 0. The predicted octanol–water partition coefficient (Wildman–Crippen LogP) is 6.67. The molecule has 0 aromatic carbocycles. The largest absolute Gasteiger partial charge is 0.474 e. The maximum atomic E-state index is 12.1. The molecule has 0 saturated heterocycles. The van der Waals surface area contributed by atoms with Gasteiger partial charge in [0.05, 0.1) is 18.8 Å². The lowest BCUT2D eigenvalue weighted by Gasteiger charge is -2.23. The Hall–Kier alpha value is 0.145. The van der Waals surface area contributed by atoms with Gasteiger partial charge in [0, 0.05) is 26.1 Å². The van der Waals surface area contributed by atoms with Crippen LogP contribution in [0.1, 0.15) is 97.8 Å². The molecule has 0 aliphatic rings. The van der Waals surface area contributed by atoms with Crippen LogP contribution in [0.4, 0.5) is 0 Å². The molecule has 0 saturated carbocycles. The van der Waals surface area contributed by atoms with Crippen LogP contribution in [-0.2, 0) is 22.8 Å². The molecule has 2 N–H and O–H groups in total. The molecule has 10 heteroatoms. The minimum Gasteiger partial charge on any atom is -0.427 e. The normalized spacial score (nSPS) is 14.5. The van der Waals surface area contributed by atoms with Gasteiger partial charge in [0.1, 0.15) is 0 Å². The molecule has 0 aliphatic heterocycles. The van der Waals surface area contributed by atoms with Gasteiger partial charge < -0.3 is 15.0 Å². The van der Waals surface area contributed by atoms with Gasteiger partial charge in [0.25, 0.3) is 0 Å². The molecule has 0 unspecified atom stereocenters. The van der Waals surface area contributed by atoms with Crippen LogP contribution >= 0.6 is 19.6 Å². The summed E-state index contributed by atoms with van der Waals surface area (Å²) >= 11 is 2.08. The van der Waals surface area contributed by atoms with E-state index in [9.17, 15) is 9.67 Å². The van der Waals surface area contributed by atoms with Crippen LogP contribution in [0.25, 0.3) is 0 Å². The van der Waals surface area contributed by atoms with Gasteiger partial charge in [-0.15, -0.1) is 0 Å². The second kappa shape index (κ2) is 22.2. The second-order valence-corrected chi connectivity index (χ2v) is 13.6. The number of hydrogen-bond donors (Lipinski definition) is 2. The third-order valence-corrected chi connectivity index (χ3v) is 8.27. The van der Waals surface area contributed by atoms with Crippen LogP contribution in [0.2, 0.25) is 0 Å². The summed E-state index contributed by atoms with van der Waals surface area (Å²) in [6.45, 7) is 6.81. The highest BCUT2D eigenvalue weighted by Crippen LogP contribution is 2.47.